The van der Waals surface area contributed by atoms with Gasteiger partial charge in [0.05, 0.1) is 6.04 Å². The fraction of sp³-hybridized carbons (Fsp3) is 0.833. The molecule has 1 unspecified atom stereocenters. The van der Waals surface area contributed by atoms with Crippen molar-refractivity contribution in [3.05, 3.63) is 0 Å². The number of rotatable bonds is 13. The molecule has 8 heteroatoms. The van der Waals surface area contributed by atoms with Gasteiger partial charge in [-0.3, -0.25) is 14.4 Å². The molecule has 0 aromatic carbocycles. The van der Waals surface area contributed by atoms with Crippen LogP contribution in [0.3, 0.4) is 0 Å². The SMILES string of the molecule is CCCSCCC(=O)NCCCCC(N)C(=O)NCC(=O)OC(C)(C)C. The molecule has 0 fully saturated rings. The Morgan fingerprint density at radius 3 is 2.42 bits per heavy atom. The van der Waals surface area contributed by atoms with Crippen LogP contribution >= 0.6 is 11.8 Å². The average Bonchev–Trinajstić information content (AvgIpc) is 2.54. The largest absolute Gasteiger partial charge is 0.459 e. The standard InChI is InChI=1S/C18H35N3O4S/c1-5-11-26-12-9-15(22)20-10-7-6-8-14(19)17(24)21-13-16(23)25-18(2,3)4/h14H,5-13,19H2,1-4H3,(H,20,22)(H,21,24). The van der Waals surface area contributed by atoms with Gasteiger partial charge in [-0.15, -0.1) is 0 Å². The first-order chi connectivity index (χ1) is 12.2. The molecule has 0 aromatic heterocycles. The average molecular weight is 390 g/mol. The third-order valence-electron chi connectivity index (χ3n) is 3.25. The lowest BCUT2D eigenvalue weighted by molar-refractivity contribution is -0.154. The maximum Gasteiger partial charge on any atom is 0.325 e. The molecule has 0 saturated heterocycles. The third kappa shape index (κ3) is 15.0. The molecule has 0 aliphatic carbocycles. The van der Waals surface area contributed by atoms with Crippen molar-refractivity contribution >= 4 is 29.5 Å². The van der Waals surface area contributed by atoms with E-state index >= 15 is 0 Å². The third-order valence-corrected chi connectivity index (χ3v) is 4.44. The van der Waals surface area contributed by atoms with Crippen LogP contribution in [-0.4, -0.2) is 54.0 Å². The Bertz CT molecular complexity index is 439. The number of hydrogen-bond acceptors (Lipinski definition) is 6. The molecule has 0 aromatic rings. The van der Waals surface area contributed by atoms with E-state index in [9.17, 15) is 14.4 Å². The predicted octanol–water partition coefficient (Wildman–Crippen LogP) is 1.59. The number of hydrogen-bond donors (Lipinski definition) is 3. The molecular formula is C18H35N3O4S. The molecule has 0 aliphatic heterocycles. The summed E-state index contributed by atoms with van der Waals surface area (Å²) in [5.41, 5.74) is 5.23. The van der Waals surface area contributed by atoms with Crippen LogP contribution in [0.5, 0.6) is 0 Å². The highest BCUT2D eigenvalue weighted by Gasteiger charge is 2.18. The lowest BCUT2D eigenvalue weighted by Gasteiger charge is -2.20. The van der Waals surface area contributed by atoms with E-state index in [-0.39, 0.29) is 18.4 Å². The Morgan fingerprint density at radius 1 is 1.12 bits per heavy atom. The van der Waals surface area contributed by atoms with Crippen LogP contribution in [0.25, 0.3) is 0 Å². The zero-order valence-corrected chi connectivity index (χ0v) is 17.4. The maximum atomic E-state index is 11.8. The number of unbranched alkanes of at least 4 members (excludes halogenated alkanes) is 1. The topological polar surface area (TPSA) is 111 Å². The van der Waals surface area contributed by atoms with Gasteiger partial charge in [0, 0.05) is 18.7 Å². The number of carbonyl (C=O) groups is 3. The first-order valence-corrected chi connectivity index (χ1v) is 10.4. The highest BCUT2D eigenvalue weighted by molar-refractivity contribution is 7.99. The summed E-state index contributed by atoms with van der Waals surface area (Å²) in [6.07, 6.45) is 3.66. The van der Waals surface area contributed by atoms with Gasteiger partial charge in [0.25, 0.3) is 0 Å². The van der Waals surface area contributed by atoms with Gasteiger partial charge in [0.2, 0.25) is 11.8 Å². The number of thioether (sulfide) groups is 1. The van der Waals surface area contributed by atoms with Gasteiger partial charge in [-0.1, -0.05) is 6.92 Å². The molecule has 7 nitrogen and oxygen atoms in total. The first kappa shape index (κ1) is 24.7. The van der Waals surface area contributed by atoms with Crippen molar-refractivity contribution in [3.8, 4) is 0 Å². The number of carbonyl (C=O) groups excluding carboxylic acids is 3. The summed E-state index contributed by atoms with van der Waals surface area (Å²) >= 11 is 1.79. The van der Waals surface area contributed by atoms with Crippen molar-refractivity contribution in [1.29, 1.82) is 0 Å². The molecule has 4 N–H and O–H groups in total. The van der Waals surface area contributed by atoms with Crippen LogP contribution in [0.2, 0.25) is 0 Å². The Hall–Kier alpha value is -1.28. The van der Waals surface area contributed by atoms with Crippen molar-refractivity contribution in [2.75, 3.05) is 24.6 Å². The van der Waals surface area contributed by atoms with Gasteiger partial charge in [-0.05, 0) is 52.2 Å². The molecule has 0 aliphatic rings. The van der Waals surface area contributed by atoms with E-state index in [0.717, 1.165) is 30.8 Å². The van der Waals surface area contributed by atoms with Crippen molar-refractivity contribution in [3.63, 3.8) is 0 Å². The second-order valence-corrected chi connectivity index (χ2v) is 8.34. The van der Waals surface area contributed by atoms with Crippen molar-refractivity contribution in [1.82, 2.24) is 10.6 Å². The second-order valence-electron chi connectivity index (χ2n) is 7.12. The van der Waals surface area contributed by atoms with E-state index < -0.39 is 17.6 Å². The van der Waals surface area contributed by atoms with Crippen LogP contribution in [0, 0.1) is 0 Å². The number of nitrogens with two attached hydrogens (primary N) is 1. The molecule has 0 bridgehead atoms. The van der Waals surface area contributed by atoms with Gasteiger partial charge in [0.15, 0.2) is 0 Å². The highest BCUT2D eigenvalue weighted by Crippen LogP contribution is 2.06. The number of ether oxygens (including phenoxy) is 1. The zero-order valence-electron chi connectivity index (χ0n) is 16.6. The lowest BCUT2D eigenvalue weighted by Crippen LogP contribution is -2.43. The van der Waals surface area contributed by atoms with E-state index in [1.54, 1.807) is 32.5 Å². The molecule has 0 radical (unpaired) electrons. The van der Waals surface area contributed by atoms with E-state index in [4.69, 9.17) is 10.5 Å². The highest BCUT2D eigenvalue weighted by atomic mass is 32.2. The first-order valence-electron chi connectivity index (χ1n) is 9.25. The Morgan fingerprint density at radius 2 is 1.81 bits per heavy atom. The molecular weight excluding hydrogens is 354 g/mol. The Balaban J connectivity index is 3.72. The summed E-state index contributed by atoms with van der Waals surface area (Å²) in [5, 5.41) is 5.36. The van der Waals surface area contributed by atoms with Gasteiger partial charge in [0.1, 0.15) is 12.1 Å². The Kier molecular flexibility index (Phi) is 13.2. The van der Waals surface area contributed by atoms with E-state index in [0.29, 0.717) is 19.4 Å². The monoisotopic (exact) mass is 389 g/mol. The normalized spacial score (nSPS) is 12.3. The van der Waals surface area contributed by atoms with Gasteiger partial charge in [-0.2, -0.15) is 11.8 Å². The molecule has 1 atom stereocenters. The van der Waals surface area contributed by atoms with Crippen LogP contribution < -0.4 is 16.4 Å². The van der Waals surface area contributed by atoms with Crippen LogP contribution in [0.1, 0.15) is 59.8 Å². The second kappa shape index (κ2) is 13.9. The maximum absolute atomic E-state index is 11.8. The van der Waals surface area contributed by atoms with E-state index in [2.05, 4.69) is 17.6 Å². The summed E-state index contributed by atoms with van der Waals surface area (Å²) in [7, 11) is 0. The molecule has 2 amide bonds. The van der Waals surface area contributed by atoms with Gasteiger partial charge in [-0.25, -0.2) is 0 Å². The van der Waals surface area contributed by atoms with Crippen molar-refractivity contribution < 1.29 is 19.1 Å². The summed E-state index contributed by atoms with van der Waals surface area (Å²) < 4.78 is 5.11. The molecule has 0 saturated carbocycles. The number of nitrogens with one attached hydrogen (secondary N) is 2. The molecule has 26 heavy (non-hydrogen) atoms. The van der Waals surface area contributed by atoms with E-state index in [1.807, 2.05) is 0 Å². The zero-order chi connectivity index (χ0) is 20.0. The minimum absolute atomic E-state index is 0.0630. The minimum atomic E-state index is -0.668. The van der Waals surface area contributed by atoms with E-state index in [1.165, 1.54) is 0 Å². The van der Waals surface area contributed by atoms with Crippen molar-refractivity contribution in [2.24, 2.45) is 5.73 Å². The lowest BCUT2D eigenvalue weighted by atomic mass is 10.1. The quantitative estimate of drug-likeness (QED) is 0.326. The Labute approximate surface area is 161 Å². The predicted molar refractivity (Wildman–Crippen MR) is 106 cm³/mol. The number of amides is 2. The van der Waals surface area contributed by atoms with Crippen molar-refractivity contribution in [2.45, 2.75) is 71.4 Å². The summed E-state index contributed by atoms with van der Waals surface area (Å²) in [6, 6.07) is -0.668. The summed E-state index contributed by atoms with van der Waals surface area (Å²) in [4.78, 5) is 35.0. The molecule has 0 spiro atoms. The fourth-order valence-electron chi connectivity index (χ4n) is 2.02. The van der Waals surface area contributed by atoms with Crippen LogP contribution in [0.15, 0.2) is 0 Å². The number of esters is 1. The molecule has 0 rings (SSSR count). The smallest absolute Gasteiger partial charge is 0.325 e. The molecule has 152 valence electrons. The summed E-state index contributed by atoms with van der Waals surface area (Å²) in [5.74, 6) is 1.14. The van der Waals surface area contributed by atoms with Gasteiger partial charge < -0.3 is 21.1 Å². The van der Waals surface area contributed by atoms with Gasteiger partial charge >= 0.3 is 5.97 Å². The van der Waals surface area contributed by atoms with Crippen LogP contribution in [0.4, 0.5) is 0 Å². The minimum Gasteiger partial charge on any atom is -0.459 e. The fourth-order valence-corrected chi connectivity index (χ4v) is 2.84. The van der Waals surface area contributed by atoms with Crippen LogP contribution in [-0.2, 0) is 19.1 Å². The summed E-state index contributed by atoms with van der Waals surface area (Å²) in [6.45, 7) is 7.82. The molecule has 0 heterocycles.